The molecule has 7 heteroatoms. The maximum atomic E-state index is 13.3. The molecule has 0 atom stereocenters. The van der Waals surface area contributed by atoms with E-state index in [9.17, 15) is 17.6 Å². The van der Waals surface area contributed by atoms with Gasteiger partial charge in [-0.2, -0.15) is 0 Å². The van der Waals surface area contributed by atoms with Gasteiger partial charge in [-0.05, 0) is 36.4 Å². The number of hydrogen-bond acceptors (Lipinski definition) is 4. The van der Waals surface area contributed by atoms with Crippen LogP contribution in [0.25, 0.3) is 0 Å². The van der Waals surface area contributed by atoms with Gasteiger partial charge < -0.3 is 9.64 Å². The van der Waals surface area contributed by atoms with E-state index >= 15 is 0 Å². The van der Waals surface area contributed by atoms with Crippen LogP contribution in [-0.4, -0.2) is 33.2 Å². The second-order valence-electron chi connectivity index (χ2n) is 5.35. The smallest absolute Gasteiger partial charge is 0.258 e. The molecule has 0 aliphatic carbocycles. The number of amides is 1. The van der Waals surface area contributed by atoms with Gasteiger partial charge in [-0.15, -0.1) is 0 Å². The fourth-order valence-corrected chi connectivity index (χ4v) is 3.42. The molecule has 2 aromatic carbocycles. The SMILES string of the molecule is CCS(=O)(=O)c1ccc(C(=O)N2CCOc3cc(F)ccc32)cc1. The summed E-state index contributed by atoms with van der Waals surface area (Å²) >= 11 is 0. The van der Waals surface area contributed by atoms with Crippen LogP contribution in [0.4, 0.5) is 10.1 Å². The largest absolute Gasteiger partial charge is 0.489 e. The zero-order valence-corrected chi connectivity index (χ0v) is 13.8. The van der Waals surface area contributed by atoms with Crippen molar-refractivity contribution >= 4 is 21.4 Å². The normalized spacial score (nSPS) is 14.0. The molecule has 0 fully saturated rings. The van der Waals surface area contributed by atoms with Crippen LogP contribution in [0.3, 0.4) is 0 Å². The van der Waals surface area contributed by atoms with Crippen LogP contribution in [0.5, 0.6) is 5.75 Å². The first kappa shape index (κ1) is 16.4. The van der Waals surface area contributed by atoms with E-state index in [4.69, 9.17) is 4.74 Å². The lowest BCUT2D eigenvalue weighted by Gasteiger charge is -2.29. The molecule has 0 N–H and O–H groups in total. The number of carbonyl (C=O) groups excluding carboxylic acids is 1. The molecular weight excluding hydrogens is 333 g/mol. The number of ether oxygens (including phenoxy) is 1. The first-order chi connectivity index (χ1) is 11.4. The van der Waals surface area contributed by atoms with Gasteiger partial charge in [-0.1, -0.05) is 6.92 Å². The predicted octanol–water partition coefficient (Wildman–Crippen LogP) is 2.66. The Bertz CT molecular complexity index is 878. The molecule has 24 heavy (non-hydrogen) atoms. The van der Waals surface area contributed by atoms with Crippen molar-refractivity contribution < 1.29 is 22.3 Å². The summed E-state index contributed by atoms with van der Waals surface area (Å²) in [6.07, 6.45) is 0. The van der Waals surface area contributed by atoms with Crippen LogP contribution in [0, 0.1) is 5.82 Å². The summed E-state index contributed by atoms with van der Waals surface area (Å²) < 4.78 is 42.3. The number of anilines is 1. The molecule has 1 aliphatic rings. The average Bonchev–Trinajstić information content (AvgIpc) is 2.60. The summed E-state index contributed by atoms with van der Waals surface area (Å²) in [6.45, 7) is 2.18. The van der Waals surface area contributed by atoms with E-state index in [0.29, 0.717) is 23.5 Å². The highest BCUT2D eigenvalue weighted by Gasteiger charge is 2.25. The van der Waals surface area contributed by atoms with Gasteiger partial charge in [0.1, 0.15) is 18.2 Å². The van der Waals surface area contributed by atoms with Gasteiger partial charge in [0.25, 0.3) is 5.91 Å². The zero-order valence-electron chi connectivity index (χ0n) is 13.0. The number of fused-ring (bicyclic) bond motifs is 1. The number of nitrogens with zero attached hydrogens (tertiary/aromatic N) is 1. The first-order valence-electron chi connectivity index (χ1n) is 7.49. The topological polar surface area (TPSA) is 63.7 Å². The lowest BCUT2D eigenvalue weighted by Crippen LogP contribution is -2.38. The van der Waals surface area contributed by atoms with E-state index in [1.54, 1.807) is 6.92 Å². The van der Waals surface area contributed by atoms with Gasteiger partial charge in [0, 0.05) is 11.6 Å². The fraction of sp³-hybridized carbons (Fsp3) is 0.235. The lowest BCUT2D eigenvalue weighted by atomic mass is 10.1. The highest BCUT2D eigenvalue weighted by molar-refractivity contribution is 7.91. The van der Waals surface area contributed by atoms with Crippen molar-refractivity contribution in [1.82, 2.24) is 0 Å². The Morgan fingerprint density at radius 2 is 1.92 bits per heavy atom. The second-order valence-corrected chi connectivity index (χ2v) is 7.62. The molecule has 0 unspecified atom stereocenters. The molecule has 1 heterocycles. The highest BCUT2D eigenvalue weighted by atomic mass is 32.2. The van der Waals surface area contributed by atoms with Crippen LogP contribution in [0.1, 0.15) is 17.3 Å². The standard InChI is InChI=1S/C17H16FNO4S/c1-2-24(21,22)14-6-3-12(4-7-14)17(20)19-9-10-23-16-11-13(18)5-8-15(16)19/h3-8,11H,2,9-10H2,1H3. The molecule has 0 saturated heterocycles. The number of benzene rings is 2. The summed E-state index contributed by atoms with van der Waals surface area (Å²) in [5.41, 5.74) is 0.861. The number of sulfone groups is 1. The van der Waals surface area contributed by atoms with Crippen molar-refractivity contribution in [3.05, 3.63) is 53.8 Å². The molecule has 126 valence electrons. The van der Waals surface area contributed by atoms with Crippen molar-refractivity contribution in [2.24, 2.45) is 0 Å². The minimum absolute atomic E-state index is 0.00267. The summed E-state index contributed by atoms with van der Waals surface area (Å²) in [7, 11) is -3.31. The van der Waals surface area contributed by atoms with Crippen LogP contribution in [-0.2, 0) is 9.84 Å². The third-order valence-corrected chi connectivity index (χ3v) is 5.62. The van der Waals surface area contributed by atoms with Gasteiger partial charge >= 0.3 is 0 Å². The van der Waals surface area contributed by atoms with E-state index in [1.165, 1.54) is 47.4 Å². The summed E-state index contributed by atoms with van der Waals surface area (Å²) in [6, 6.07) is 9.84. The fourth-order valence-electron chi connectivity index (χ4n) is 2.53. The molecule has 0 saturated carbocycles. The van der Waals surface area contributed by atoms with Crippen molar-refractivity contribution in [2.75, 3.05) is 23.8 Å². The Labute approximate surface area is 139 Å². The Kier molecular flexibility index (Phi) is 4.28. The molecular formula is C17H16FNO4S. The maximum absolute atomic E-state index is 13.3. The van der Waals surface area contributed by atoms with Gasteiger partial charge in [-0.25, -0.2) is 12.8 Å². The van der Waals surface area contributed by atoms with E-state index in [2.05, 4.69) is 0 Å². The Balaban J connectivity index is 1.91. The molecule has 2 aromatic rings. The molecule has 1 aliphatic heterocycles. The Morgan fingerprint density at radius 3 is 2.58 bits per heavy atom. The number of rotatable bonds is 3. The predicted molar refractivity (Wildman–Crippen MR) is 87.7 cm³/mol. The van der Waals surface area contributed by atoms with Crippen LogP contribution in [0.2, 0.25) is 0 Å². The van der Waals surface area contributed by atoms with E-state index < -0.39 is 15.7 Å². The van der Waals surface area contributed by atoms with Crippen LogP contribution < -0.4 is 9.64 Å². The Hall–Kier alpha value is -2.41. The second kappa shape index (κ2) is 6.24. The monoisotopic (exact) mass is 349 g/mol. The summed E-state index contributed by atoms with van der Waals surface area (Å²) in [5.74, 6) is -0.397. The van der Waals surface area contributed by atoms with E-state index in [-0.39, 0.29) is 23.2 Å². The molecule has 0 aromatic heterocycles. The molecule has 0 bridgehead atoms. The Morgan fingerprint density at radius 1 is 1.21 bits per heavy atom. The minimum atomic E-state index is -3.31. The van der Waals surface area contributed by atoms with E-state index in [0.717, 1.165) is 0 Å². The van der Waals surface area contributed by atoms with Crippen LogP contribution >= 0.6 is 0 Å². The first-order valence-corrected chi connectivity index (χ1v) is 9.14. The third-order valence-electron chi connectivity index (χ3n) is 3.87. The van der Waals surface area contributed by atoms with Crippen molar-refractivity contribution in [3.63, 3.8) is 0 Å². The van der Waals surface area contributed by atoms with Crippen molar-refractivity contribution in [2.45, 2.75) is 11.8 Å². The number of halogens is 1. The van der Waals surface area contributed by atoms with Crippen LogP contribution in [0.15, 0.2) is 47.4 Å². The molecule has 0 radical (unpaired) electrons. The number of hydrogen-bond donors (Lipinski definition) is 0. The minimum Gasteiger partial charge on any atom is -0.489 e. The van der Waals surface area contributed by atoms with Crippen molar-refractivity contribution in [1.29, 1.82) is 0 Å². The summed E-state index contributed by atoms with van der Waals surface area (Å²) in [5, 5.41) is 0. The van der Waals surface area contributed by atoms with Gasteiger partial charge in [0.15, 0.2) is 9.84 Å². The molecule has 0 spiro atoms. The van der Waals surface area contributed by atoms with E-state index in [1.807, 2.05) is 0 Å². The molecule has 3 rings (SSSR count). The zero-order chi connectivity index (χ0) is 17.3. The van der Waals surface area contributed by atoms with Gasteiger partial charge in [0.05, 0.1) is 22.9 Å². The van der Waals surface area contributed by atoms with Crippen molar-refractivity contribution in [3.8, 4) is 5.75 Å². The van der Waals surface area contributed by atoms with Gasteiger partial charge in [0.2, 0.25) is 0 Å². The lowest BCUT2D eigenvalue weighted by molar-refractivity contribution is 0.0976. The molecule has 5 nitrogen and oxygen atoms in total. The highest BCUT2D eigenvalue weighted by Crippen LogP contribution is 2.33. The molecule has 1 amide bonds. The third kappa shape index (κ3) is 2.99. The number of carbonyl (C=O) groups is 1. The summed E-state index contributed by atoms with van der Waals surface area (Å²) in [4.78, 5) is 14.4. The van der Waals surface area contributed by atoms with Gasteiger partial charge in [-0.3, -0.25) is 4.79 Å². The quantitative estimate of drug-likeness (QED) is 0.855. The maximum Gasteiger partial charge on any atom is 0.258 e. The average molecular weight is 349 g/mol.